The van der Waals surface area contributed by atoms with Crippen molar-refractivity contribution < 1.29 is 0 Å². The molecule has 1 heterocycles. The largest absolute Gasteiger partial charge is 0.328 e. The zero-order chi connectivity index (χ0) is 12.5. The number of aromatic nitrogens is 1. The molecule has 1 aliphatic rings. The number of nitrogens with one attached hydrogen (secondary N) is 1. The molecule has 88 valence electrons. The second-order valence-corrected chi connectivity index (χ2v) is 4.54. The van der Waals surface area contributed by atoms with E-state index in [9.17, 15) is 4.79 Å². The van der Waals surface area contributed by atoms with Gasteiger partial charge in [0.25, 0.3) is 5.56 Å². The molecule has 3 rings (SSSR count). The predicted molar refractivity (Wildman–Crippen MR) is 69.2 cm³/mol. The van der Waals surface area contributed by atoms with Crippen LogP contribution in [0.25, 0.3) is 11.1 Å². The van der Waals surface area contributed by atoms with Gasteiger partial charge in [0.1, 0.15) is 11.6 Å². The van der Waals surface area contributed by atoms with E-state index in [1.807, 2.05) is 12.1 Å². The number of rotatable bonds is 1. The smallest absolute Gasteiger partial charge is 0.266 e. The van der Waals surface area contributed by atoms with Gasteiger partial charge in [-0.25, -0.2) is 0 Å². The molecule has 1 aromatic heterocycles. The number of hydrogen-bond acceptors (Lipinski definition) is 2. The minimum Gasteiger partial charge on any atom is -0.328 e. The number of hydrogen-bond donors (Lipinski definition) is 1. The van der Waals surface area contributed by atoms with Crippen molar-refractivity contribution in [3.63, 3.8) is 0 Å². The normalized spacial score (nSPS) is 13.1. The van der Waals surface area contributed by atoms with E-state index in [2.05, 4.69) is 17.1 Å². The summed E-state index contributed by atoms with van der Waals surface area (Å²) in [6.45, 7) is 0. The molecule has 0 aliphatic heterocycles. The molecule has 1 N–H and O–H groups in total. The Kier molecular flexibility index (Phi) is 2.49. The summed E-state index contributed by atoms with van der Waals surface area (Å²) in [7, 11) is 0. The zero-order valence-electron chi connectivity index (χ0n) is 9.86. The van der Waals surface area contributed by atoms with E-state index in [4.69, 9.17) is 5.26 Å². The van der Waals surface area contributed by atoms with Crippen LogP contribution in [-0.4, -0.2) is 4.98 Å². The Hall–Kier alpha value is -2.34. The first-order valence-corrected chi connectivity index (χ1v) is 6.03. The third-order valence-electron chi connectivity index (χ3n) is 3.48. The number of benzene rings is 1. The van der Waals surface area contributed by atoms with Crippen molar-refractivity contribution in [2.75, 3.05) is 0 Å². The first kappa shape index (κ1) is 10.8. The Morgan fingerprint density at radius 1 is 1.17 bits per heavy atom. The van der Waals surface area contributed by atoms with Crippen LogP contribution in [0, 0.1) is 11.3 Å². The molecule has 0 saturated heterocycles. The van der Waals surface area contributed by atoms with Crippen molar-refractivity contribution in [3.05, 3.63) is 57.5 Å². The van der Waals surface area contributed by atoms with Gasteiger partial charge in [-0.1, -0.05) is 18.2 Å². The molecule has 0 saturated carbocycles. The molecule has 3 heteroatoms. The van der Waals surface area contributed by atoms with Crippen molar-refractivity contribution in [1.82, 2.24) is 4.98 Å². The van der Waals surface area contributed by atoms with E-state index in [-0.39, 0.29) is 11.1 Å². The van der Waals surface area contributed by atoms with E-state index in [0.29, 0.717) is 0 Å². The summed E-state index contributed by atoms with van der Waals surface area (Å²) in [5.41, 5.74) is 4.28. The summed E-state index contributed by atoms with van der Waals surface area (Å²) < 4.78 is 0. The zero-order valence-corrected chi connectivity index (χ0v) is 9.86. The van der Waals surface area contributed by atoms with Crippen LogP contribution in [0.5, 0.6) is 0 Å². The van der Waals surface area contributed by atoms with Crippen molar-refractivity contribution in [2.45, 2.75) is 19.3 Å². The van der Waals surface area contributed by atoms with Gasteiger partial charge in [-0.05, 0) is 42.0 Å². The molecule has 0 radical (unpaired) electrons. The van der Waals surface area contributed by atoms with Gasteiger partial charge in [-0.15, -0.1) is 0 Å². The molecular weight excluding hydrogens is 224 g/mol. The van der Waals surface area contributed by atoms with E-state index in [1.54, 1.807) is 12.3 Å². The quantitative estimate of drug-likeness (QED) is 0.826. The molecule has 1 aliphatic carbocycles. The second kappa shape index (κ2) is 4.15. The van der Waals surface area contributed by atoms with Crippen LogP contribution in [0.4, 0.5) is 0 Å². The Morgan fingerprint density at radius 3 is 2.83 bits per heavy atom. The van der Waals surface area contributed by atoms with E-state index in [0.717, 1.165) is 24.0 Å². The van der Waals surface area contributed by atoms with Crippen LogP contribution in [0.1, 0.15) is 23.1 Å². The summed E-state index contributed by atoms with van der Waals surface area (Å²) in [5, 5.41) is 9.08. The second-order valence-electron chi connectivity index (χ2n) is 4.54. The summed E-state index contributed by atoms with van der Waals surface area (Å²) in [6, 6.07) is 9.99. The lowest BCUT2D eigenvalue weighted by atomic mass is 9.98. The van der Waals surface area contributed by atoms with Crippen LogP contribution < -0.4 is 5.56 Å². The SMILES string of the molecule is N#Cc1c(-c2ccc3c(c2)CCC3)cc[nH]c1=O. The maximum absolute atomic E-state index is 11.6. The Balaban J connectivity index is 2.19. The average molecular weight is 236 g/mol. The fourth-order valence-corrected chi connectivity index (χ4v) is 2.57. The summed E-state index contributed by atoms with van der Waals surface area (Å²) in [4.78, 5) is 14.1. The fraction of sp³-hybridized carbons (Fsp3) is 0.200. The van der Waals surface area contributed by atoms with Gasteiger partial charge in [0, 0.05) is 11.8 Å². The van der Waals surface area contributed by atoms with Crippen molar-refractivity contribution >= 4 is 0 Å². The van der Waals surface area contributed by atoms with Gasteiger partial charge in [0.2, 0.25) is 0 Å². The monoisotopic (exact) mass is 236 g/mol. The van der Waals surface area contributed by atoms with Crippen molar-refractivity contribution in [1.29, 1.82) is 5.26 Å². The summed E-state index contributed by atoms with van der Waals surface area (Å²) in [6.07, 6.45) is 5.01. The minimum atomic E-state index is -0.324. The standard InChI is InChI=1S/C15H12N2O/c16-9-14-13(6-7-17-15(14)18)12-5-4-10-2-1-3-11(10)8-12/h4-8H,1-3H2,(H,17,18). The number of nitriles is 1. The maximum Gasteiger partial charge on any atom is 0.266 e. The third-order valence-corrected chi connectivity index (χ3v) is 3.48. The number of nitrogens with zero attached hydrogens (tertiary/aromatic N) is 1. The fourth-order valence-electron chi connectivity index (χ4n) is 2.57. The van der Waals surface area contributed by atoms with Crippen LogP contribution in [0.2, 0.25) is 0 Å². The lowest BCUT2D eigenvalue weighted by Crippen LogP contribution is -2.10. The first-order valence-electron chi connectivity index (χ1n) is 6.03. The van der Waals surface area contributed by atoms with Crippen molar-refractivity contribution in [2.24, 2.45) is 0 Å². The highest BCUT2D eigenvalue weighted by molar-refractivity contribution is 5.70. The third kappa shape index (κ3) is 1.63. The Labute approximate surface area is 105 Å². The predicted octanol–water partition coefficient (Wildman–Crippen LogP) is 2.40. The molecule has 1 aromatic carbocycles. The molecule has 18 heavy (non-hydrogen) atoms. The van der Waals surface area contributed by atoms with E-state index < -0.39 is 0 Å². The molecule has 0 bridgehead atoms. The van der Waals surface area contributed by atoms with E-state index in [1.165, 1.54) is 17.5 Å². The molecule has 3 nitrogen and oxygen atoms in total. The van der Waals surface area contributed by atoms with Crippen LogP contribution >= 0.6 is 0 Å². The van der Waals surface area contributed by atoms with Gasteiger partial charge in [0.15, 0.2) is 0 Å². The molecule has 0 atom stereocenters. The molecule has 0 amide bonds. The van der Waals surface area contributed by atoms with Gasteiger partial charge in [-0.2, -0.15) is 5.26 Å². The highest BCUT2D eigenvalue weighted by Crippen LogP contribution is 2.28. The maximum atomic E-state index is 11.6. The molecular formula is C15H12N2O. The summed E-state index contributed by atoms with van der Waals surface area (Å²) in [5.74, 6) is 0. The number of fused-ring (bicyclic) bond motifs is 1. The van der Waals surface area contributed by atoms with Crippen LogP contribution in [0.15, 0.2) is 35.3 Å². The minimum absolute atomic E-state index is 0.190. The van der Waals surface area contributed by atoms with Gasteiger partial charge < -0.3 is 4.98 Å². The molecule has 0 spiro atoms. The van der Waals surface area contributed by atoms with Crippen LogP contribution in [-0.2, 0) is 12.8 Å². The molecule has 0 unspecified atom stereocenters. The molecule has 0 fully saturated rings. The number of pyridine rings is 1. The number of aryl methyl sites for hydroxylation is 2. The first-order chi connectivity index (χ1) is 8.79. The van der Waals surface area contributed by atoms with Crippen LogP contribution in [0.3, 0.4) is 0 Å². The average Bonchev–Trinajstić information content (AvgIpc) is 2.85. The van der Waals surface area contributed by atoms with E-state index >= 15 is 0 Å². The van der Waals surface area contributed by atoms with Gasteiger partial charge >= 0.3 is 0 Å². The van der Waals surface area contributed by atoms with Gasteiger partial charge in [0.05, 0.1) is 0 Å². The lowest BCUT2D eigenvalue weighted by molar-refractivity contribution is 0.912. The number of aromatic amines is 1. The Morgan fingerprint density at radius 2 is 2.00 bits per heavy atom. The summed E-state index contributed by atoms with van der Waals surface area (Å²) >= 11 is 0. The van der Waals surface area contributed by atoms with Gasteiger partial charge in [-0.3, -0.25) is 4.79 Å². The lowest BCUT2D eigenvalue weighted by Gasteiger charge is -2.06. The topological polar surface area (TPSA) is 56.6 Å². The highest BCUT2D eigenvalue weighted by atomic mass is 16.1. The molecule has 2 aromatic rings. The highest BCUT2D eigenvalue weighted by Gasteiger charge is 2.14. The van der Waals surface area contributed by atoms with Crippen molar-refractivity contribution in [3.8, 4) is 17.2 Å². The number of H-pyrrole nitrogens is 1. The Bertz CT molecular complexity index is 707.